The van der Waals surface area contributed by atoms with Crippen molar-refractivity contribution in [3.05, 3.63) is 53.4 Å². The molecule has 1 atom stereocenters. The molecule has 0 spiro atoms. The summed E-state index contributed by atoms with van der Waals surface area (Å²) in [5.74, 6) is -3.96. The van der Waals surface area contributed by atoms with Crippen LogP contribution in [0.3, 0.4) is 0 Å². The van der Waals surface area contributed by atoms with Crippen molar-refractivity contribution < 1.29 is 36.2 Å². The molecule has 13 heteroatoms. The van der Waals surface area contributed by atoms with E-state index in [-0.39, 0.29) is 25.3 Å². The first-order valence-electron chi connectivity index (χ1n) is 13.5. The van der Waals surface area contributed by atoms with Crippen molar-refractivity contribution in [1.29, 1.82) is 0 Å². The van der Waals surface area contributed by atoms with Gasteiger partial charge in [0.25, 0.3) is 5.91 Å². The molecule has 3 aliphatic rings. The maximum absolute atomic E-state index is 15.0. The molecular weight excluding hydrogens is 546 g/mol. The molecule has 2 saturated carbocycles. The number of carbonyl (C=O) groups excluding carboxylic acids is 1. The van der Waals surface area contributed by atoms with Crippen molar-refractivity contribution in [1.82, 2.24) is 18.9 Å². The van der Waals surface area contributed by atoms with Crippen LogP contribution < -0.4 is 14.2 Å². The molecule has 2 aliphatic carbocycles. The van der Waals surface area contributed by atoms with E-state index >= 15 is 0 Å². The van der Waals surface area contributed by atoms with Gasteiger partial charge in [-0.1, -0.05) is 6.92 Å². The number of rotatable bonds is 11. The van der Waals surface area contributed by atoms with Crippen molar-refractivity contribution in [2.45, 2.75) is 63.4 Å². The van der Waals surface area contributed by atoms with Gasteiger partial charge in [0.05, 0.1) is 23.6 Å². The Labute approximate surface area is 232 Å². The van der Waals surface area contributed by atoms with Crippen LogP contribution in [0.25, 0.3) is 0 Å². The van der Waals surface area contributed by atoms with Crippen LogP contribution >= 0.6 is 0 Å². The third kappa shape index (κ3) is 6.37. The number of carbonyl (C=O) groups is 1. The molecule has 3 fully saturated rings. The third-order valence-corrected chi connectivity index (χ3v) is 9.09. The van der Waals surface area contributed by atoms with Crippen LogP contribution in [0.5, 0.6) is 11.5 Å². The molecule has 40 heavy (non-hydrogen) atoms. The minimum atomic E-state index is -4.21. The van der Waals surface area contributed by atoms with Crippen molar-refractivity contribution >= 4 is 16.1 Å². The quantitative estimate of drug-likeness (QED) is 0.432. The first-order valence-corrected chi connectivity index (χ1v) is 15.0. The zero-order valence-corrected chi connectivity index (χ0v) is 23.3. The molecule has 0 bridgehead atoms. The van der Waals surface area contributed by atoms with E-state index in [1.165, 1.54) is 0 Å². The number of nitrogens with one attached hydrogen (secondary N) is 1. The molecule has 10 nitrogen and oxygen atoms in total. The summed E-state index contributed by atoms with van der Waals surface area (Å²) in [7, 11) is -2.54. The summed E-state index contributed by atoms with van der Waals surface area (Å²) in [6.45, 7) is 3.37. The second-order valence-electron chi connectivity index (χ2n) is 10.3. The Hall–Kier alpha value is -2.87. The molecule has 218 valence electrons. The molecule has 2 aromatic rings. The highest BCUT2D eigenvalue weighted by molar-refractivity contribution is 7.87. The second kappa shape index (κ2) is 11.9. The van der Waals surface area contributed by atoms with E-state index < -0.39 is 45.2 Å². The standard InChI is InChI=1S/C27H34F2N4O6S/c1-3-23(22-8-6-18(16-30-22)38-20-14-19(15-20)37-2)39-24-9-7-21(25(28)26(24)29)27(34)31-40(35,36)33-12-10-32(11-13-33)17-4-5-17/h6-9,16-17,19-20,23H,3-5,10-15H2,1-2H3,(H,31,34)/t19?,20?,23-/m1/s1. The van der Waals surface area contributed by atoms with Gasteiger partial charge in [-0.15, -0.1) is 0 Å². The number of methoxy groups -OCH3 is 1. The Morgan fingerprint density at radius 1 is 1.07 bits per heavy atom. The third-order valence-electron chi connectivity index (χ3n) is 7.61. The second-order valence-corrected chi connectivity index (χ2v) is 12.0. The van der Waals surface area contributed by atoms with Crippen LogP contribution in [0, 0.1) is 11.6 Å². The molecular formula is C27H34F2N4O6S. The number of nitrogens with zero attached hydrogens (tertiary/aromatic N) is 3. The number of aromatic nitrogens is 1. The largest absolute Gasteiger partial charge is 0.489 e. The minimum Gasteiger partial charge on any atom is -0.489 e. The zero-order chi connectivity index (χ0) is 28.4. The Balaban J connectivity index is 1.20. The number of ether oxygens (including phenoxy) is 3. The van der Waals surface area contributed by atoms with E-state index in [0.29, 0.717) is 37.0 Å². The van der Waals surface area contributed by atoms with Crippen molar-refractivity contribution in [3.63, 3.8) is 0 Å². The van der Waals surface area contributed by atoms with Crippen molar-refractivity contribution in [3.8, 4) is 11.5 Å². The van der Waals surface area contributed by atoms with E-state index in [9.17, 15) is 22.0 Å². The van der Waals surface area contributed by atoms with E-state index in [0.717, 1.165) is 42.1 Å². The lowest BCUT2D eigenvalue weighted by Gasteiger charge is -2.34. The number of hydrogen-bond acceptors (Lipinski definition) is 8. The number of benzene rings is 1. The lowest BCUT2D eigenvalue weighted by Crippen LogP contribution is -2.53. The first kappa shape index (κ1) is 28.7. The van der Waals surface area contributed by atoms with Gasteiger partial charge in [-0.3, -0.25) is 14.7 Å². The van der Waals surface area contributed by atoms with E-state index in [4.69, 9.17) is 14.2 Å². The van der Waals surface area contributed by atoms with Crippen LogP contribution in [0.15, 0.2) is 30.5 Å². The van der Waals surface area contributed by atoms with Gasteiger partial charge in [0, 0.05) is 52.2 Å². The smallest absolute Gasteiger partial charge is 0.304 e. The molecule has 1 saturated heterocycles. The Kier molecular flexibility index (Phi) is 8.55. The molecule has 1 aliphatic heterocycles. The molecule has 1 N–H and O–H groups in total. The number of hydrogen-bond donors (Lipinski definition) is 1. The molecule has 0 radical (unpaired) electrons. The normalized spacial score (nSPS) is 22.8. The molecule has 2 heterocycles. The van der Waals surface area contributed by atoms with E-state index in [2.05, 4.69) is 9.88 Å². The van der Waals surface area contributed by atoms with Gasteiger partial charge in [0.1, 0.15) is 18.0 Å². The maximum Gasteiger partial charge on any atom is 0.304 e. The maximum atomic E-state index is 15.0. The van der Waals surface area contributed by atoms with Gasteiger partial charge in [-0.2, -0.15) is 17.1 Å². The fraction of sp³-hybridized carbons (Fsp3) is 0.556. The summed E-state index contributed by atoms with van der Waals surface area (Å²) < 4.78 is 75.1. The fourth-order valence-electron chi connectivity index (χ4n) is 4.94. The van der Waals surface area contributed by atoms with Crippen LogP contribution in [0.2, 0.25) is 0 Å². The molecule has 1 aromatic heterocycles. The fourth-order valence-corrected chi connectivity index (χ4v) is 6.06. The number of halogens is 2. The highest BCUT2D eigenvalue weighted by atomic mass is 32.2. The number of pyridine rings is 1. The summed E-state index contributed by atoms with van der Waals surface area (Å²) in [4.78, 5) is 19.2. The van der Waals surface area contributed by atoms with Crippen LogP contribution in [-0.4, -0.2) is 80.1 Å². The predicted molar refractivity (Wildman–Crippen MR) is 141 cm³/mol. The Bertz CT molecular complexity index is 1310. The molecule has 0 unspecified atom stereocenters. The Morgan fingerprint density at radius 3 is 2.40 bits per heavy atom. The van der Waals surface area contributed by atoms with Gasteiger partial charge < -0.3 is 14.2 Å². The van der Waals surface area contributed by atoms with Crippen LogP contribution in [0.1, 0.15) is 61.2 Å². The van der Waals surface area contributed by atoms with Crippen LogP contribution in [-0.2, 0) is 14.9 Å². The highest BCUT2D eigenvalue weighted by Gasteiger charge is 2.35. The van der Waals surface area contributed by atoms with Crippen molar-refractivity contribution in [2.24, 2.45) is 0 Å². The van der Waals surface area contributed by atoms with Crippen molar-refractivity contribution in [2.75, 3.05) is 33.3 Å². The van der Waals surface area contributed by atoms with Gasteiger partial charge >= 0.3 is 10.2 Å². The Morgan fingerprint density at radius 2 is 1.80 bits per heavy atom. The van der Waals surface area contributed by atoms with E-state index in [1.54, 1.807) is 32.4 Å². The van der Waals surface area contributed by atoms with Gasteiger partial charge in [0.15, 0.2) is 11.6 Å². The predicted octanol–water partition coefficient (Wildman–Crippen LogP) is 3.20. The molecule has 5 rings (SSSR count). The number of amides is 1. The lowest BCUT2D eigenvalue weighted by molar-refractivity contribution is -0.0382. The molecule has 1 amide bonds. The van der Waals surface area contributed by atoms with Gasteiger partial charge in [-0.05, 0) is 43.5 Å². The topological polar surface area (TPSA) is 110 Å². The van der Waals surface area contributed by atoms with Gasteiger partial charge in [-0.25, -0.2) is 9.11 Å². The molecule has 1 aromatic carbocycles. The monoisotopic (exact) mass is 580 g/mol. The van der Waals surface area contributed by atoms with E-state index in [1.807, 2.05) is 4.72 Å². The number of piperazine rings is 1. The zero-order valence-electron chi connectivity index (χ0n) is 22.5. The lowest BCUT2D eigenvalue weighted by atomic mass is 9.92. The average molecular weight is 581 g/mol. The summed E-state index contributed by atoms with van der Waals surface area (Å²) in [6.07, 6.45) is 5.37. The first-order chi connectivity index (χ1) is 19.2. The minimum absolute atomic E-state index is 0.0659. The van der Waals surface area contributed by atoms with Crippen LogP contribution in [0.4, 0.5) is 8.78 Å². The summed E-state index contributed by atoms with van der Waals surface area (Å²) in [5, 5.41) is 0. The van der Waals surface area contributed by atoms with Gasteiger partial charge in [0.2, 0.25) is 5.82 Å². The highest BCUT2D eigenvalue weighted by Crippen LogP contribution is 2.31. The SMILES string of the molecule is CC[C@@H](Oc1ccc(C(=O)NS(=O)(=O)N2CCN(C3CC3)CC2)c(F)c1F)c1ccc(OC2CC(OC)C2)cn1. The summed E-state index contributed by atoms with van der Waals surface area (Å²) in [5.41, 5.74) is -0.239. The summed E-state index contributed by atoms with van der Waals surface area (Å²) in [6, 6.07) is 6.06. The summed E-state index contributed by atoms with van der Waals surface area (Å²) >= 11 is 0. The average Bonchev–Trinajstić information content (AvgIpc) is 3.77.